The summed E-state index contributed by atoms with van der Waals surface area (Å²) >= 11 is 0. The number of hydrogen-bond donors (Lipinski definition) is 0. The Kier molecular flexibility index (Phi) is 8.08. The van der Waals surface area contributed by atoms with Crippen molar-refractivity contribution in [3.8, 4) is 78.8 Å². The highest BCUT2D eigenvalue weighted by Gasteiger charge is 2.20. The van der Waals surface area contributed by atoms with E-state index >= 15 is 0 Å². The second kappa shape index (κ2) is 13.8. The maximum Gasteiger partial charge on any atom is 0.164 e. The van der Waals surface area contributed by atoms with Crippen molar-refractivity contribution in [2.45, 2.75) is 0 Å². The summed E-state index contributed by atoms with van der Waals surface area (Å²) in [5, 5.41) is 1.97. The van der Waals surface area contributed by atoms with Gasteiger partial charge in [0.2, 0.25) is 0 Å². The SMILES string of the molecule is c1ccc(-c2ccc(-c3nc(-c4ccc(-c5ccccn5)cc4)nc(-c4cccc5oc6c(-c7ccc(-c8ccccc8)cc7)cccc6c45)n3)cc2)cc1. The van der Waals surface area contributed by atoms with E-state index in [1.165, 1.54) is 11.1 Å². The second-order valence-corrected chi connectivity index (χ2v) is 13.4. The number of benzene rings is 7. The predicted octanol–water partition coefficient (Wildman–Crippen LogP) is 12.8. The Hall–Kier alpha value is -7.50. The molecule has 0 fully saturated rings. The molecule has 3 aromatic heterocycles. The zero-order valence-corrected chi connectivity index (χ0v) is 29.7. The third kappa shape index (κ3) is 6.14. The smallest absolute Gasteiger partial charge is 0.164 e. The summed E-state index contributed by atoms with van der Waals surface area (Å²) in [6, 6.07) is 64.4. The van der Waals surface area contributed by atoms with Gasteiger partial charge in [-0.15, -0.1) is 0 Å². The van der Waals surface area contributed by atoms with Gasteiger partial charge in [-0.3, -0.25) is 4.98 Å². The van der Waals surface area contributed by atoms with Gasteiger partial charge in [-0.1, -0.05) is 170 Å². The predicted molar refractivity (Wildman–Crippen MR) is 223 cm³/mol. The second-order valence-electron chi connectivity index (χ2n) is 13.4. The molecule has 10 rings (SSSR count). The number of aromatic nitrogens is 4. The maximum absolute atomic E-state index is 6.68. The van der Waals surface area contributed by atoms with E-state index in [-0.39, 0.29) is 0 Å². The molecule has 0 amide bonds. The van der Waals surface area contributed by atoms with Crippen molar-refractivity contribution in [1.82, 2.24) is 19.9 Å². The lowest BCUT2D eigenvalue weighted by Gasteiger charge is -2.10. The number of fused-ring (bicyclic) bond motifs is 3. The van der Waals surface area contributed by atoms with Gasteiger partial charge in [0.1, 0.15) is 11.2 Å². The van der Waals surface area contributed by atoms with Gasteiger partial charge >= 0.3 is 0 Å². The molecule has 0 bridgehead atoms. The van der Waals surface area contributed by atoms with Crippen molar-refractivity contribution >= 4 is 21.9 Å². The molecule has 10 aromatic rings. The van der Waals surface area contributed by atoms with E-state index in [4.69, 9.17) is 19.4 Å². The maximum atomic E-state index is 6.68. The topological polar surface area (TPSA) is 64.7 Å². The minimum absolute atomic E-state index is 0.576. The summed E-state index contributed by atoms with van der Waals surface area (Å²) in [5.41, 5.74) is 13.0. The molecule has 0 aliphatic rings. The summed E-state index contributed by atoms with van der Waals surface area (Å²) in [4.78, 5) is 19.9. The van der Waals surface area contributed by atoms with E-state index in [9.17, 15) is 0 Å². The number of para-hydroxylation sites is 1. The first-order chi connectivity index (χ1) is 27.2. The van der Waals surface area contributed by atoms with E-state index in [0.29, 0.717) is 17.5 Å². The minimum atomic E-state index is 0.576. The molecule has 0 aliphatic carbocycles. The van der Waals surface area contributed by atoms with Gasteiger partial charge in [0.05, 0.1) is 5.69 Å². The average molecular weight is 705 g/mol. The summed E-state index contributed by atoms with van der Waals surface area (Å²) in [7, 11) is 0. The Bertz CT molecular complexity index is 2820. The molecule has 0 aliphatic heterocycles. The quantitative estimate of drug-likeness (QED) is 0.165. The minimum Gasteiger partial charge on any atom is -0.455 e. The van der Waals surface area contributed by atoms with Crippen molar-refractivity contribution in [2.24, 2.45) is 0 Å². The van der Waals surface area contributed by atoms with Gasteiger partial charge in [-0.25, -0.2) is 15.0 Å². The number of rotatable bonds is 7. The van der Waals surface area contributed by atoms with E-state index in [1.807, 2.05) is 48.7 Å². The van der Waals surface area contributed by atoms with Crippen LogP contribution in [0.2, 0.25) is 0 Å². The molecule has 0 unspecified atom stereocenters. The summed E-state index contributed by atoms with van der Waals surface area (Å²) in [5.74, 6) is 1.76. The van der Waals surface area contributed by atoms with Crippen LogP contribution in [0.5, 0.6) is 0 Å². The molecule has 258 valence electrons. The Labute approximate surface area is 318 Å². The summed E-state index contributed by atoms with van der Waals surface area (Å²) in [6.45, 7) is 0. The average Bonchev–Trinajstić information content (AvgIpc) is 3.67. The van der Waals surface area contributed by atoms with Gasteiger partial charge in [-0.2, -0.15) is 0 Å². The lowest BCUT2D eigenvalue weighted by molar-refractivity contribution is 0.670. The first kappa shape index (κ1) is 32.2. The molecule has 3 heterocycles. The van der Waals surface area contributed by atoms with E-state index in [1.54, 1.807) is 0 Å². The molecular weight excluding hydrogens is 673 g/mol. The van der Waals surface area contributed by atoms with Crippen molar-refractivity contribution in [3.05, 3.63) is 194 Å². The van der Waals surface area contributed by atoms with E-state index < -0.39 is 0 Å². The zero-order valence-electron chi connectivity index (χ0n) is 29.7. The zero-order chi connectivity index (χ0) is 36.6. The molecule has 55 heavy (non-hydrogen) atoms. The Morgan fingerprint density at radius 3 is 1.42 bits per heavy atom. The molecule has 0 saturated heterocycles. The lowest BCUT2D eigenvalue weighted by Crippen LogP contribution is -2.00. The third-order valence-corrected chi connectivity index (χ3v) is 10.1. The fourth-order valence-electron chi connectivity index (χ4n) is 7.25. The highest BCUT2D eigenvalue weighted by Crippen LogP contribution is 2.41. The van der Waals surface area contributed by atoms with E-state index in [2.05, 4.69) is 151 Å². The van der Waals surface area contributed by atoms with Crippen LogP contribution in [0.25, 0.3) is 101 Å². The van der Waals surface area contributed by atoms with Crippen LogP contribution in [0.3, 0.4) is 0 Å². The van der Waals surface area contributed by atoms with Crippen molar-refractivity contribution in [1.29, 1.82) is 0 Å². The fraction of sp³-hybridized carbons (Fsp3) is 0. The third-order valence-electron chi connectivity index (χ3n) is 10.1. The molecule has 0 radical (unpaired) electrons. The summed E-state index contributed by atoms with van der Waals surface area (Å²) in [6.07, 6.45) is 1.81. The molecule has 5 nitrogen and oxygen atoms in total. The first-order valence-electron chi connectivity index (χ1n) is 18.3. The Morgan fingerprint density at radius 1 is 0.327 bits per heavy atom. The Morgan fingerprint density at radius 2 is 0.818 bits per heavy atom. The van der Waals surface area contributed by atoms with Crippen LogP contribution in [0.15, 0.2) is 199 Å². The number of pyridine rings is 1. The van der Waals surface area contributed by atoms with Gasteiger partial charge < -0.3 is 4.42 Å². The first-order valence-corrected chi connectivity index (χ1v) is 18.3. The van der Waals surface area contributed by atoms with Crippen LogP contribution in [-0.4, -0.2) is 19.9 Å². The van der Waals surface area contributed by atoms with Crippen LogP contribution in [0.1, 0.15) is 0 Å². The highest BCUT2D eigenvalue weighted by molar-refractivity contribution is 6.15. The van der Waals surface area contributed by atoms with Gasteiger partial charge in [-0.05, 0) is 46.0 Å². The number of furan rings is 1. The van der Waals surface area contributed by atoms with Crippen LogP contribution in [-0.2, 0) is 0 Å². The van der Waals surface area contributed by atoms with Crippen LogP contribution in [0.4, 0.5) is 0 Å². The highest BCUT2D eigenvalue weighted by atomic mass is 16.3. The normalized spacial score (nSPS) is 11.3. The molecular formula is C50H32N4O. The van der Waals surface area contributed by atoms with E-state index in [0.717, 1.165) is 72.1 Å². The summed E-state index contributed by atoms with van der Waals surface area (Å²) < 4.78 is 6.68. The van der Waals surface area contributed by atoms with Crippen LogP contribution < -0.4 is 0 Å². The van der Waals surface area contributed by atoms with Crippen molar-refractivity contribution in [3.63, 3.8) is 0 Å². The van der Waals surface area contributed by atoms with Gasteiger partial charge in [0, 0.05) is 44.8 Å². The van der Waals surface area contributed by atoms with Crippen molar-refractivity contribution < 1.29 is 4.42 Å². The largest absolute Gasteiger partial charge is 0.455 e. The van der Waals surface area contributed by atoms with Gasteiger partial charge in [0.25, 0.3) is 0 Å². The lowest BCUT2D eigenvalue weighted by atomic mass is 9.98. The molecule has 0 N–H and O–H groups in total. The van der Waals surface area contributed by atoms with Crippen molar-refractivity contribution in [2.75, 3.05) is 0 Å². The number of hydrogen-bond acceptors (Lipinski definition) is 5. The standard InChI is InChI=1S/C50H32N4O/c1-3-11-33(12-4-1)35-20-24-37(25-21-35)41-15-9-16-42-46-43(17-10-19-45(46)55-47(41)42)50-53-48(39-28-22-36(23-29-39)34-13-5-2-6-14-34)52-49(54-50)40-30-26-38(27-31-40)44-18-7-8-32-51-44/h1-32H. The number of nitrogens with zero attached hydrogens (tertiary/aromatic N) is 4. The Balaban J connectivity index is 1.10. The van der Waals surface area contributed by atoms with Crippen LogP contribution >= 0.6 is 0 Å². The molecule has 0 spiro atoms. The molecule has 0 saturated carbocycles. The molecule has 7 aromatic carbocycles. The molecule has 5 heteroatoms. The van der Waals surface area contributed by atoms with Gasteiger partial charge in [0.15, 0.2) is 17.5 Å². The fourth-order valence-corrected chi connectivity index (χ4v) is 7.25. The monoisotopic (exact) mass is 704 g/mol. The van der Waals surface area contributed by atoms with Crippen LogP contribution in [0, 0.1) is 0 Å². The molecule has 0 atom stereocenters.